The van der Waals surface area contributed by atoms with Crippen molar-refractivity contribution in [2.45, 2.75) is 13.8 Å². The van der Waals surface area contributed by atoms with E-state index in [-0.39, 0.29) is 0 Å². The Hall–Kier alpha value is -3.90. The van der Waals surface area contributed by atoms with Gasteiger partial charge in [-0.05, 0) is 86.1 Å². The first-order valence-corrected chi connectivity index (χ1v) is 11.2. The lowest BCUT2D eigenvalue weighted by Gasteiger charge is -2.16. The lowest BCUT2D eigenvalue weighted by atomic mass is 9.88. The maximum Gasteiger partial charge on any atom is -0.00695 e. The number of hydrogen-bond acceptors (Lipinski definition) is 0. The smallest absolute Gasteiger partial charge is 0.00695 e. The topological polar surface area (TPSA) is 0 Å². The number of benzene rings is 6. The number of hydrogen-bond donors (Lipinski definition) is 0. The summed E-state index contributed by atoms with van der Waals surface area (Å²) in [6.07, 6.45) is 0. The molecule has 152 valence electrons. The van der Waals surface area contributed by atoms with Gasteiger partial charge in [0.15, 0.2) is 0 Å². The van der Waals surface area contributed by atoms with Crippen LogP contribution >= 0.6 is 0 Å². The van der Waals surface area contributed by atoms with Crippen LogP contribution in [0.3, 0.4) is 0 Å². The van der Waals surface area contributed by atoms with Crippen molar-refractivity contribution in [3.05, 3.63) is 120 Å². The molecule has 0 aliphatic rings. The predicted molar refractivity (Wildman–Crippen MR) is 139 cm³/mol. The Morgan fingerprint density at radius 2 is 0.938 bits per heavy atom. The van der Waals surface area contributed by atoms with Crippen molar-refractivity contribution in [1.82, 2.24) is 0 Å². The van der Waals surface area contributed by atoms with Crippen LogP contribution in [0.2, 0.25) is 0 Å². The van der Waals surface area contributed by atoms with Gasteiger partial charge in [-0.2, -0.15) is 0 Å². The third-order valence-electron chi connectivity index (χ3n) is 6.71. The molecule has 0 nitrogen and oxygen atoms in total. The van der Waals surface area contributed by atoms with Gasteiger partial charge in [-0.1, -0.05) is 103 Å². The average molecular weight is 409 g/mol. The van der Waals surface area contributed by atoms with E-state index in [1.807, 2.05) is 0 Å². The molecule has 0 radical (unpaired) electrons. The summed E-state index contributed by atoms with van der Waals surface area (Å²) in [6.45, 7) is 4.39. The summed E-state index contributed by atoms with van der Waals surface area (Å²) in [5, 5.41) is 7.83. The molecule has 0 amide bonds. The summed E-state index contributed by atoms with van der Waals surface area (Å²) < 4.78 is 0. The minimum Gasteiger partial charge on any atom is -0.0616 e. The van der Waals surface area contributed by atoms with Crippen LogP contribution in [-0.2, 0) is 0 Å². The van der Waals surface area contributed by atoms with Crippen LogP contribution in [0.1, 0.15) is 11.1 Å². The maximum absolute atomic E-state index is 2.36. The van der Waals surface area contributed by atoms with E-state index in [0.717, 1.165) is 0 Å². The largest absolute Gasteiger partial charge is 0.0616 e. The van der Waals surface area contributed by atoms with Gasteiger partial charge in [0.05, 0.1) is 0 Å². The van der Waals surface area contributed by atoms with Crippen molar-refractivity contribution in [1.29, 1.82) is 0 Å². The summed E-state index contributed by atoms with van der Waals surface area (Å²) in [6, 6.07) is 40.0. The van der Waals surface area contributed by atoms with E-state index in [1.165, 1.54) is 65.7 Å². The fraction of sp³-hybridized carbons (Fsp3) is 0.0625. The molecule has 0 atom stereocenters. The minimum absolute atomic E-state index is 1.26. The summed E-state index contributed by atoms with van der Waals surface area (Å²) in [5.74, 6) is 0. The second kappa shape index (κ2) is 7.35. The molecule has 0 aromatic heterocycles. The number of rotatable bonds is 2. The Kier molecular flexibility index (Phi) is 4.33. The molecule has 0 fully saturated rings. The van der Waals surface area contributed by atoms with Gasteiger partial charge in [0.1, 0.15) is 0 Å². The highest BCUT2D eigenvalue weighted by molar-refractivity contribution is 6.16. The highest BCUT2D eigenvalue weighted by Crippen LogP contribution is 2.39. The van der Waals surface area contributed by atoms with Crippen LogP contribution in [0.4, 0.5) is 0 Å². The van der Waals surface area contributed by atoms with Gasteiger partial charge in [0.2, 0.25) is 0 Å². The molecule has 0 heteroatoms. The standard InChI is InChI=1S/C32H24/c1-21-11-13-23(14-12-21)25-17-15-24-16-18-26(20-27(24)19-25)32-22(2)28-7-3-4-8-29(28)30-9-5-6-10-31(30)32/h3-20H,1-2H3. The second-order valence-corrected chi connectivity index (χ2v) is 8.73. The molecule has 0 saturated heterocycles. The average Bonchev–Trinajstić information content (AvgIpc) is 2.84. The highest BCUT2D eigenvalue weighted by atomic mass is 14.2. The monoisotopic (exact) mass is 408 g/mol. The molecular formula is C32H24. The zero-order chi connectivity index (χ0) is 21.7. The fourth-order valence-electron chi connectivity index (χ4n) is 5.02. The van der Waals surface area contributed by atoms with Gasteiger partial charge < -0.3 is 0 Å². The molecule has 0 N–H and O–H groups in total. The predicted octanol–water partition coefficient (Wildman–Crippen LogP) is 9.10. The molecule has 6 aromatic carbocycles. The van der Waals surface area contributed by atoms with E-state index in [0.29, 0.717) is 0 Å². The van der Waals surface area contributed by atoms with E-state index in [1.54, 1.807) is 0 Å². The molecule has 6 aromatic rings. The van der Waals surface area contributed by atoms with E-state index >= 15 is 0 Å². The van der Waals surface area contributed by atoms with Gasteiger partial charge >= 0.3 is 0 Å². The highest BCUT2D eigenvalue weighted by Gasteiger charge is 2.13. The van der Waals surface area contributed by atoms with E-state index in [9.17, 15) is 0 Å². The summed E-state index contributed by atoms with van der Waals surface area (Å²) in [5.41, 5.74) is 7.76. The number of fused-ring (bicyclic) bond motifs is 4. The quantitative estimate of drug-likeness (QED) is 0.251. The summed E-state index contributed by atoms with van der Waals surface area (Å²) in [7, 11) is 0. The van der Waals surface area contributed by atoms with Crippen molar-refractivity contribution in [2.75, 3.05) is 0 Å². The van der Waals surface area contributed by atoms with E-state index in [4.69, 9.17) is 0 Å². The van der Waals surface area contributed by atoms with Gasteiger partial charge in [0.25, 0.3) is 0 Å². The van der Waals surface area contributed by atoms with Gasteiger partial charge in [-0.15, -0.1) is 0 Å². The molecular weight excluding hydrogens is 384 g/mol. The number of aryl methyl sites for hydroxylation is 2. The first-order valence-electron chi connectivity index (χ1n) is 11.2. The summed E-state index contributed by atoms with van der Waals surface area (Å²) >= 11 is 0. The van der Waals surface area contributed by atoms with Crippen LogP contribution in [0.15, 0.2) is 109 Å². The van der Waals surface area contributed by atoms with Gasteiger partial charge in [-0.3, -0.25) is 0 Å². The van der Waals surface area contributed by atoms with E-state index < -0.39 is 0 Å². The van der Waals surface area contributed by atoms with Gasteiger partial charge in [-0.25, -0.2) is 0 Å². The molecule has 6 rings (SSSR count). The Balaban J connectivity index is 1.61. The van der Waals surface area contributed by atoms with Crippen LogP contribution < -0.4 is 0 Å². The third kappa shape index (κ3) is 2.99. The van der Waals surface area contributed by atoms with Crippen molar-refractivity contribution >= 4 is 32.3 Å². The van der Waals surface area contributed by atoms with Crippen molar-refractivity contribution in [2.24, 2.45) is 0 Å². The second-order valence-electron chi connectivity index (χ2n) is 8.73. The maximum atomic E-state index is 2.36. The molecule has 0 spiro atoms. The Morgan fingerprint density at radius 3 is 1.66 bits per heavy atom. The summed E-state index contributed by atoms with van der Waals surface area (Å²) in [4.78, 5) is 0. The normalized spacial score (nSPS) is 11.4. The Labute approximate surface area is 188 Å². The zero-order valence-electron chi connectivity index (χ0n) is 18.4. The van der Waals surface area contributed by atoms with Crippen molar-refractivity contribution in [3.8, 4) is 22.3 Å². The van der Waals surface area contributed by atoms with Crippen LogP contribution in [-0.4, -0.2) is 0 Å². The molecule has 0 saturated carbocycles. The molecule has 32 heavy (non-hydrogen) atoms. The van der Waals surface area contributed by atoms with Crippen molar-refractivity contribution in [3.63, 3.8) is 0 Å². The molecule has 0 unspecified atom stereocenters. The van der Waals surface area contributed by atoms with Crippen LogP contribution in [0.5, 0.6) is 0 Å². The minimum atomic E-state index is 1.26. The fourth-order valence-corrected chi connectivity index (χ4v) is 5.02. The zero-order valence-corrected chi connectivity index (χ0v) is 18.4. The lowest BCUT2D eigenvalue weighted by molar-refractivity contribution is 1.47. The first-order chi connectivity index (χ1) is 15.7. The molecule has 0 bridgehead atoms. The van der Waals surface area contributed by atoms with Crippen LogP contribution in [0, 0.1) is 13.8 Å². The lowest BCUT2D eigenvalue weighted by Crippen LogP contribution is -1.90. The first kappa shape index (κ1) is 18.8. The molecule has 0 aliphatic carbocycles. The molecule has 0 heterocycles. The molecule has 0 aliphatic heterocycles. The Morgan fingerprint density at radius 1 is 0.406 bits per heavy atom. The Bertz CT molecular complexity index is 1620. The SMILES string of the molecule is Cc1ccc(-c2ccc3ccc(-c4c(C)c5ccccc5c5ccccc45)cc3c2)cc1. The third-order valence-corrected chi connectivity index (χ3v) is 6.71. The van der Waals surface area contributed by atoms with E-state index in [2.05, 4.69) is 123 Å². The van der Waals surface area contributed by atoms with Crippen LogP contribution in [0.25, 0.3) is 54.6 Å². The van der Waals surface area contributed by atoms with Crippen molar-refractivity contribution < 1.29 is 0 Å². The van der Waals surface area contributed by atoms with Gasteiger partial charge in [0, 0.05) is 0 Å².